The van der Waals surface area contributed by atoms with Gasteiger partial charge in [-0.2, -0.15) is 0 Å². The summed E-state index contributed by atoms with van der Waals surface area (Å²) in [6.07, 6.45) is 17.9. The summed E-state index contributed by atoms with van der Waals surface area (Å²) in [6, 6.07) is 2.06. The molecule has 1 saturated heterocycles. The quantitative estimate of drug-likeness (QED) is 0.638. The van der Waals surface area contributed by atoms with Gasteiger partial charge in [0.05, 0.1) is 17.3 Å². The monoisotopic (exact) mass is 445 g/mol. The SMILES string of the molecule is C=C(C=Cc1ccncc1C)C1CCC2C34CCC5(CCC(O)C(O)C5=CC3=CCC12C)O4. The van der Waals surface area contributed by atoms with Crippen molar-refractivity contribution < 1.29 is 14.9 Å². The molecular formula is C29H35NO3. The maximum absolute atomic E-state index is 10.8. The lowest BCUT2D eigenvalue weighted by atomic mass is 9.58. The Bertz CT molecular complexity index is 1100. The summed E-state index contributed by atoms with van der Waals surface area (Å²) in [6.45, 7) is 9.06. The Morgan fingerprint density at radius 1 is 1.21 bits per heavy atom. The molecule has 1 aromatic rings. The molecule has 3 fully saturated rings. The number of nitrogens with zero attached hydrogens (tertiary/aromatic N) is 1. The van der Waals surface area contributed by atoms with Crippen LogP contribution in [0, 0.1) is 24.2 Å². The predicted octanol–water partition coefficient (Wildman–Crippen LogP) is 5.07. The van der Waals surface area contributed by atoms with E-state index in [0.717, 1.165) is 44.1 Å². The Morgan fingerprint density at radius 3 is 2.88 bits per heavy atom. The lowest BCUT2D eigenvalue weighted by Crippen LogP contribution is -2.56. The third-order valence-electron chi connectivity index (χ3n) is 9.78. The fourth-order valence-corrected chi connectivity index (χ4v) is 7.97. The third kappa shape index (κ3) is 2.90. The maximum atomic E-state index is 10.8. The molecule has 2 N–H and O–H groups in total. The van der Waals surface area contributed by atoms with Crippen molar-refractivity contribution in [1.82, 2.24) is 4.98 Å². The van der Waals surface area contributed by atoms with E-state index >= 15 is 0 Å². The van der Waals surface area contributed by atoms with Crippen LogP contribution in [0.2, 0.25) is 0 Å². The van der Waals surface area contributed by atoms with E-state index in [2.05, 4.69) is 55.8 Å². The minimum Gasteiger partial charge on any atom is -0.390 e. The summed E-state index contributed by atoms with van der Waals surface area (Å²) in [5, 5.41) is 21.0. The molecule has 0 aromatic carbocycles. The van der Waals surface area contributed by atoms with Gasteiger partial charge in [0.2, 0.25) is 0 Å². The van der Waals surface area contributed by atoms with Gasteiger partial charge in [-0.25, -0.2) is 0 Å². The van der Waals surface area contributed by atoms with E-state index in [-0.39, 0.29) is 16.6 Å². The Morgan fingerprint density at radius 2 is 2.06 bits per heavy atom. The van der Waals surface area contributed by atoms with E-state index in [1.807, 2.05) is 12.4 Å². The fraction of sp³-hybridized carbons (Fsp3) is 0.552. The molecule has 2 spiro atoms. The number of aliphatic hydroxyl groups is 2. The number of aryl methyl sites for hydroxylation is 1. The van der Waals surface area contributed by atoms with Gasteiger partial charge in [0, 0.05) is 12.4 Å². The smallest absolute Gasteiger partial charge is 0.104 e. The largest absolute Gasteiger partial charge is 0.390 e. The Kier molecular flexibility index (Phi) is 4.72. The lowest BCUT2D eigenvalue weighted by Gasteiger charge is -2.54. The van der Waals surface area contributed by atoms with E-state index < -0.39 is 12.2 Å². The van der Waals surface area contributed by atoms with Gasteiger partial charge >= 0.3 is 0 Å². The van der Waals surface area contributed by atoms with E-state index in [1.165, 1.54) is 22.3 Å². The van der Waals surface area contributed by atoms with Crippen LogP contribution in [-0.2, 0) is 4.74 Å². The summed E-state index contributed by atoms with van der Waals surface area (Å²) in [5.74, 6) is 0.876. The molecule has 4 heteroatoms. The van der Waals surface area contributed by atoms with Gasteiger partial charge in [-0.1, -0.05) is 43.4 Å². The van der Waals surface area contributed by atoms with Crippen molar-refractivity contribution in [2.24, 2.45) is 17.3 Å². The summed E-state index contributed by atoms with van der Waals surface area (Å²) in [5.41, 5.74) is 5.22. The normalized spacial score (nSPS) is 43.5. The number of ether oxygens (including phenoxy) is 1. The van der Waals surface area contributed by atoms with Crippen LogP contribution in [0.4, 0.5) is 0 Å². The van der Waals surface area contributed by atoms with Crippen LogP contribution in [0.3, 0.4) is 0 Å². The lowest BCUT2D eigenvalue weighted by molar-refractivity contribution is -0.153. The van der Waals surface area contributed by atoms with E-state index in [1.54, 1.807) is 0 Å². The number of hydrogen-bond acceptors (Lipinski definition) is 4. The molecule has 5 aliphatic rings. The molecule has 6 rings (SSSR count). The number of hydrogen-bond donors (Lipinski definition) is 2. The highest BCUT2D eigenvalue weighted by molar-refractivity contribution is 5.56. The zero-order chi connectivity index (χ0) is 23.0. The number of aliphatic hydroxyl groups excluding tert-OH is 2. The molecule has 174 valence electrons. The highest BCUT2D eigenvalue weighted by Gasteiger charge is 2.67. The number of fused-ring (bicyclic) bond motifs is 1. The van der Waals surface area contributed by atoms with Gasteiger partial charge in [0.1, 0.15) is 6.10 Å². The molecule has 4 nitrogen and oxygen atoms in total. The van der Waals surface area contributed by atoms with Crippen molar-refractivity contribution in [2.45, 2.75) is 82.2 Å². The zero-order valence-electron chi connectivity index (χ0n) is 19.8. The van der Waals surface area contributed by atoms with Crippen LogP contribution >= 0.6 is 0 Å². The minimum absolute atomic E-state index is 0.113. The van der Waals surface area contributed by atoms with Gasteiger partial charge in [-0.15, -0.1) is 0 Å². The van der Waals surface area contributed by atoms with Crippen molar-refractivity contribution in [3.8, 4) is 0 Å². The van der Waals surface area contributed by atoms with E-state index in [0.29, 0.717) is 18.3 Å². The first-order chi connectivity index (χ1) is 15.8. The van der Waals surface area contributed by atoms with E-state index in [4.69, 9.17) is 4.74 Å². The van der Waals surface area contributed by atoms with Gasteiger partial charge in [0.15, 0.2) is 0 Å². The first-order valence-corrected chi connectivity index (χ1v) is 12.6. The van der Waals surface area contributed by atoms with Crippen LogP contribution in [0.5, 0.6) is 0 Å². The third-order valence-corrected chi connectivity index (χ3v) is 9.78. The van der Waals surface area contributed by atoms with Gasteiger partial charge in [-0.3, -0.25) is 4.98 Å². The Labute approximate surface area is 196 Å². The first kappa shape index (κ1) is 21.5. The molecule has 3 heterocycles. The number of aromatic nitrogens is 1. The molecule has 3 aliphatic carbocycles. The maximum Gasteiger partial charge on any atom is 0.104 e. The molecule has 2 saturated carbocycles. The second-order valence-electron chi connectivity index (χ2n) is 11.3. The van der Waals surface area contributed by atoms with Crippen molar-refractivity contribution in [2.75, 3.05) is 0 Å². The van der Waals surface area contributed by atoms with Gasteiger partial charge in [-0.05, 0) is 97.5 Å². The predicted molar refractivity (Wildman–Crippen MR) is 129 cm³/mol. The van der Waals surface area contributed by atoms with Gasteiger partial charge < -0.3 is 14.9 Å². The molecule has 7 unspecified atom stereocenters. The average molecular weight is 446 g/mol. The standard InChI is InChI=1S/C29H35NO3/c1-18(4-5-20-10-15-30-17-19(20)2)22-6-7-25-27(22,3)11-8-21-16-23-26(32)24(31)9-12-28(23)13-14-29(21,25)33-28/h4-5,8,10,15-17,22,24-26,31-32H,1,6-7,9,11-14H2,2-3H3. The van der Waals surface area contributed by atoms with Crippen molar-refractivity contribution >= 4 is 6.08 Å². The molecule has 2 bridgehead atoms. The molecule has 0 radical (unpaired) electrons. The molecule has 1 aromatic heterocycles. The zero-order valence-corrected chi connectivity index (χ0v) is 19.8. The summed E-state index contributed by atoms with van der Waals surface area (Å²) in [4.78, 5) is 4.20. The second kappa shape index (κ2) is 7.24. The molecule has 33 heavy (non-hydrogen) atoms. The van der Waals surface area contributed by atoms with Gasteiger partial charge in [0.25, 0.3) is 0 Å². The van der Waals surface area contributed by atoms with Crippen molar-refractivity contribution in [1.29, 1.82) is 0 Å². The highest BCUT2D eigenvalue weighted by Crippen LogP contribution is 2.68. The Balaban J connectivity index is 1.32. The second-order valence-corrected chi connectivity index (χ2v) is 11.3. The fourth-order valence-electron chi connectivity index (χ4n) is 7.97. The summed E-state index contributed by atoms with van der Waals surface area (Å²) >= 11 is 0. The van der Waals surface area contributed by atoms with Crippen LogP contribution in [-0.4, -0.2) is 38.6 Å². The highest BCUT2D eigenvalue weighted by atomic mass is 16.5. The molecule has 2 aliphatic heterocycles. The van der Waals surface area contributed by atoms with Crippen molar-refractivity contribution in [3.05, 3.63) is 71.1 Å². The van der Waals surface area contributed by atoms with Crippen LogP contribution in [0.1, 0.15) is 63.0 Å². The first-order valence-electron chi connectivity index (χ1n) is 12.6. The molecule has 7 atom stereocenters. The van der Waals surface area contributed by atoms with Crippen molar-refractivity contribution in [3.63, 3.8) is 0 Å². The van der Waals surface area contributed by atoms with Crippen LogP contribution < -0.4 is 0 Å². The van der Waals surface area contributed by atoms with E-state index in [9.17, 15) is 10.2 Å². The average Bonchev–Trinajstić information content (AvgIpc) is 3.32. The van der Waals surface area contributed by atoms with Crippen LogP contribution in [0.25, 0.3) is 6.08 Å². The summed E-state index contributed by atoms with van der Waals surface area (Å²) < 4.78 is 7.09. The topological polar surface area (TPSA) is 62.6 Å². The van der Waals surface area contributed by atoms with Crippen LogP contribution in [0.15, 0.2) is 60.0 Å². The Hall–Kier alpha value is -2.01. The summed E-state index contributed by atoms with van der Waals surface area (Å²) in [7, 11) is 0. The molecule has 0 amide bonds. The number of allylic oxidation sites excluding steroid dienone is 3. The molecular weight excluding hydrogens is 410 g/mol. The minimum atomic E-state index is -0.804. The number of rotatable bonds is 3. The number of pyridine rings is 1.